The number of amides is 3. The summed E-state index contributed by atoms with van der Waals surface area (Å²) in [6, 6.07) is 15.0. The topological polar surface area (TPSA) is 96.5 Å². The Labute approximate surface area is 186 Å². The summed E-state index contributed by atoms with van der Waals surface area (Å²) in [7, 11) is 0. The molecule has 0 radical (unpaired) electrons. The fourth-order valence-electron chi connectivity index (χ4n) is 2.59. The van der Waals surface area contributed by atoms with Crippen molar-refractivity contribution in [2.24, 2.45) is 0 Å². The Balaban J connectivity index is 1.84. The molecule has 0 bridgehead atoms. The Morgan fingerprint density at radius 3 is 2.58 bits per heavy atom. The minimum Gasteiger partial charge on any atom is -0.484 e. The van der Waals surface area contributed by atoms with E-state index in [4.69, 9.17) is 11.2 Å². The first-order valence-corrected chi connectivity index (χ1v) is 11.0. The van der Waals surface area contributed by atoms with E-state index >= 15 is 0 Å². The Morgan fingerprint density at radius 1 is 1.10 bits per heavy atom. The lowest BCUT2D eigenvalue weighted by Gasteiger charge is -2.18. The van der Waals surface area contributed by atoms with Crippen molar-refractivity contribution >= 4 is 35.2 Å². The maximum Gasteiger partial charge on any atom is 0.258 e. The lowest BCUT2D eigenvalue weighted by atomic mass is 10.2. The molecule has 0 aliphatic rings. The number of benzene rings is 2. The molecule has 2 aromatic carbocycles. The van der Waals surface area contributed by atoms with Crippen molar-refractivity contribution in [3.63, 3.8) is 0 Å². The molecule has 162 valence electrons. The minimum atomic E-state index is -0.767. The van der Waals surface area contributed by atoms with Gasteiger partial charge in [-0.15, -0.1) is 6.42 Å². The molecular weight excluding hydrogens is 414 g/mol. The summed E-state index contributed by atoms with van der Waals surface area (Å²) < 4.78 is 5.41. The first-order valence-electron chi connectivity index (χ1n) is 9.62. The molecule has 8 heteroatoms. The van der Waals surface area contributed by atoms with Crippen LogP contribution < -0.4 is 20.7 Å². The summed E-state index contributed by atoms with van der Waals surface area (Å²) >= 11 is 1.56. The highest BCUT2D eigenvalue weighted by atomic mass is 32.2. The number of para-hydroxylation sites is 1. The normalized spacial score (nSPS) is 11.0. The van der Waals surface area contributed by atoms with E-state index in [0.717, 1.165) is 0 Å². The molecule has 3 amide bonds. The highest BCUT2D eigenvalue weighted by Gasteiger charge is 2.21. The second-order valence-corrected chi connectivity index (χ2v) is 7.48. The maximum atomic E-state index is 12.5. The van der Waals surface area contributed by atoms with Gasteiger partial charge in [0.05, 0.1) is 6.54 Å². The molecule has 2 aromatic rings. The zero-order valence-electron chi connectivity index (χ0n) is 17.2. The fraction of sp³-hybridized carbons (Fsp3) is 0.261. The van der Waals surface area contributed by atoms with Gasteiger partial charge in [0.25, 0.3) is 5.91 Å². The van der Waals surface area contributed by atoms with Crippen LogP contribution in [0.4, 0.5) is 5.69 Å². The van der Waals surface area contributed by atoms with Crippen molar-refractivity contribution in [3.05, 3.63) is 60.2 Å². The number of carbonyl (C=O) groups is 3. The third-order valence-electron chi connectivity index (χ3n) is 4.11. The summed E-state index contributed by atoms with van der Waals surface area (Å²) in [5.74, 6) is 2.47. The van der Waals surface area contributed by atoms with Gasteiger partial charge in [-0.1, -0.05) is 30.2 Å². The molecule has 1 unspecified atom stereocenters. The third kappa shape index (κ3) is 8.84. The lowest BCUT2D eigenvalue weighted by Crippen LogP contribution is -2.49. The Morgan fingerprint density at radius 2 is 1.87 bits per heavy atom. The van der Waals surface area contributed by atoms with Crippen molar-refractivity contribution in [2.45, 2.75) is 12.5 Å². The molecule has 3 N–H and O–H groups in total. The van der Waals surface area contributed by atoms with Crippen molar-refractivity contribution in [2.75, 3.05) is 30.5 Å². The molecule has 7 nitrogen and oxygen atoms in total. The van der Waals surface area contributed by atoms with Crippen LogP contribution in [0.3, 0.4) is 0 Å². The van der Waals surface area contributed by atoms with Gasteiger partial charge >= 0.3 is 0 Å². The predicted molar refractivity (Wildman–Crippen MR) is 123 cm³/mol. The van der Waals surface area contributed by atoms with E-state index in [1.54, 1.807) is 60.3 Å². The maximum absolute atomic E-state index is 12.5. The van der Waals surface area contributed by atoms with E-state index in [0.29, 0.717) is 29.2 Å². The average molecular weight is 440 g/mol. The molecule has 0 fully saturated rings. The van der Waals surface area contributed by atoms with Gasteiger partial charge in [0.15, 0.2) is 6.61 Å². The summed E-state index contributed by atoms with van der Waals surface area (Å²) in [6.45, 7) is -0.440. The number of nitrogens with one attached hydrogen (secondary N) is 3. The first kappa shape index (κ1) is 23.8. The Kier molecular flexibility index (Phi) is 9.98. The van der Waals surface area contributed by atoms with Gasteiger partial charge in [0.2, 0.25) is 11.8 Å². The number of rotatable bonds is 11. The number of terminal acetylenes is 1. The zero-order chi connectivity index (χ0) is 22.5. The molecule has 0 heterocycles. The molecular formula is C23H25N3O4S. The van der Waals surface area contributed by atoms with Crippen molar-refractivity contribution < 1.29 is 19.1 Å². The van der Waals surface area contributed by atoms with Gasteiger partial charge in [0.1, 0.15) is 11.8 Å². The molecule has 0 aromatic heterocycles. The number of ether oxygens (including phenoxy) is 1. The quantitative estimate of drug-likeness (QED) is 0.466. The van der Waals surface area contributed by atoms with E-state index in [1.165, 1.54) is 0 Å². The predicted octanol–water partition coefficient (Wildman–Crippen LogP) is 2.04. The number of anilines is 1. The van der Waals surface area contributed by atoms with E-state index < -0.39 is 23.8 Å². The van der Waals surface area contributed by atoms with Gasteiger partial charge in [-0.05, 0) is 48.8 Å². The van der Waals surface area contributed by atoms with Gasteiger partial charge < -0.3 is 20.7 Å². The highest BCUT2D eigenvalue weighted by Crippen LogP contribution is 2.10. The number of hydrogen-bond acceptors (Lipinski definition) is 5. The minimum absolute atomic E-state index is 0.209. The number of carbonyl (C=O) groups excluding carboxylic acids is 3. The van der Waals surface area contributed by atoms with Gasteiger partial charge in [-0.3, -0.25) is 14.4 Å². The smallest absolute Gasteiger partial charge is 0.258 e. The average Bonchev–Trinajstić information content (AvgIpc) is 2.79. The van der Waals surface area contributed by atoms with E-state index in [9.17, 15) is 14.4 Å². The van der Waals surface area contributed by atoms with Crippen LogP contribution in [0.1, 0.15) is 12.0 Å². The Bertz CT molecular complexity index is 928. The van der Waals surface area contributed by atoms with Gasteiger partial charge in [-0.2, -0.15) is 11.8 Å². The molecule has 31 heavy (non-hydrogen) atoms. The monoisotopic (exact) mass is 439 g/mol. The van der Waals surface area contributed by atoms with Crippen LogP contribution in [0, 0.1) is 12.3 Å². The molecule has 0 aliphatic heterocycles. The van der Waals surface area contributed by atoms with Crippen LogP contribution in [0.5, 0.6) is 5.75 Å². The lowest BCUT2D eigenvalue weighted by molar-refractivity contribution is -0.130. The molecule has 0 saturated carbocycles. The molecule has 2 rings (SSSR count). The molecule has 0 spiro atoms. The van der Waals surface area contributed by atoms with Crippen molar-refractivity contribution in [3.8, 4) is 18.1 Å². The third-order valence-corrected chi connectivity index (χ3v) is 4.76. The van der Waals surface area contributed by atoms with Crippen molar-refractivity contribution in [1.82, 2.24) is 10.6 Å². The van der Waals surface area contributed by atoms with Crippen LogP contribution in [0.25, 0.3) is 0 Å². The fourth-order valence-corrected chi connectivity index (χ4v) is 3.06. The van der Waals surface area contributed by atoms with Crippen LogP contribution in [-0.2, 0) is 14.4 Å². The summed E-state index contributed by atoms with van der Waals surface area (Å²) in [6.07, 6.45) is 7.69. The summed E-state index contributed by atoms with van der Waals surface area (Å²) in [4.78, 5) is 36.9. The van der Waals surface area contributed by atoms with Crippen molar-refractivity contribution in [1.29, 1.82) is 0 Å². The Hall–Kier alpha value is -3.44. The molecule has 1 atom stereocenters. The van der Waals surface area contributed by atoms with Crippen LogP contribution in [-0.4, -0.2) is 48.9 Å². The zero-order valence-corrected chi connectivity index (χ0v) is 18.0. The van der Waals surface area contributed by atoms with Gasteiger partial charge in [-0.25, -0.2) is 0 Å². The standard InChI is InChI=1S/C23H25N3O4S/c1-3-17-8-7-9-18(14-17)25-21(27)15-24-23(29)20(12-13-31-2)26-22(28)16-30-19-10-5-4-6-11-19/h1,4-11,14,20H,12-13,15-16H2,2H3,(H,24,29)(H,25,27)(H,26,28). The molecule has 0 aliphatic carbocycles. The highest BCUT2D eigenvalue weighted by molar-refractivity contribution is 7.98. The van der Waals surface area contributed by atoms with Crippen LogP contribution >= 0.6 is 11.8 Å². The van der Waals surface area contributed by atoms with E-state index in [-0.39, 0.29) is 13.2 Å². The van der Waals surface area contributed by atoms with Crippen LogP contribution in [0.15, 0.2) is 54.6 Å². The number of thioether (sulfide) groups is 1. The van der Waals surface area contributed by atoms with Crippen LogP contribution in [0.2, 0.25) is 0 Å². The SMILES string of the molecule is C#Cc1cccc(NC(=O)CNC(=O)C(CCSC)NC(=O)COc2ccccc2)c1. The molecule has 0 saturated heterocycles. The first-order chi connectivity index (χ1) is 15.0. The van der Waals surface area contributed by atoms with Gasteiger partial charge in [0, 0.05) is 11.3 Å². The summed E-state index contributed by atoms with van der Waals surface area (Å²) in [5, 5.41) is 7.90. The number of hydrogen-bond donors (Lipinski definition) is 3. The summed E-state index contributed by atoms with van der Waals surface area (Å²) in [5.41, 5.74) is 1.18. The largest absolute Gasteiger partial charge is 0.484 e. The second kappa shape index (κ2) is 13.0. The van der Waals surface area contributed by atoms with E-state index in [1.807, 2.05) is 12.3 Å². The van der Waals surface area contributed by atoms with E-state index in [2.05, 4.69) is 21.9 Å². The second-order valence-electron chi connectivity index (χ2n) is 6.49.